The third kappa shape index (κ3) is 6.84. The first-order valence-corrected chi connectivity index (χ1v) is 5.38. The lowest BCUT2D eigenvalue weighted by Gasteiger charge is -2.05. The highest BCUT2D eigenvalue weighted by Gasteiger charge is 1.89. The molecule has 80 valence electrons. The first-order chi connectivity index (χ1) is 7.28. The Hall–Kier alpha value is -1.18. The quantitative estimate of drug-likeness (QED) is 0.361. The molecule has 0 heterocycles. The summed E-state index contributed by atoms with van der Waals surface area (Å²) in [5, 5.41) is 3.30. The molecule has 0 atom stereocenters. The lowest BCUT2D eigenvalue weighted by Crippen LogP contribution is -2.12. The molecule has 0 aromatic heterocycles. The van der Waals surface area contributed by atoms with Crippen LogP contribution in [0.4, 0.5) is 0 Å². The van der Waals surface area contributed by atoms with Crippen molar-refractivity contribution in [1.82, 2.24) is 5.32 Å². The zero-order valence-corrected chi connectivity index (χ0v) is 9.63. The van der Waals surface area contributed by atoms with Gasteiger partial charge in [-0.1, -0.05) is 50.5 Å². The molecule has 1 nitrogen and oxygen atoms in total. The topological polar surface area (TPSA) is 12.0 Å². The Kier molecular flexibility index (Phi) is 8.65. The third-order valence-electron chi connectivity index (χ3n) is 2.05. The molecule has 0 rings (SSSR count). The predicted molar refractivity (Wildman–Crippen MR) is 70.0 cm³/mol. The van der Waals surface area contributed by atoms with E-state index in [2.05, 4.69) is 25.4 Å². The highest BCUT2D eigenvalue weighted by atomic mass is 14.9. The van der Waals surface area contributed by atoms with Gasteiger partial charge in [0.1, 0.15) is 0 Å². The summed E-state index contributed by atoms with van der Waals surface area (Å²) in [6, 6.07) is 0. The van der Waals surface area contributed by atoms with E-state index in [1.54, 1.807) is 6.08 Å². The Morgan fingerprint density at radius 1 is 1.27 bits per heavy atom. The zero-order valence-electron chi connectivity index (χ0n) is 9.63. The first-order valence-electron chi connectivity index (χ1n) is 5.38. The Morgan fingerprint density at radius 2 is 2.00 bits per heavy atom. The molecule has 0 amide bonds. The lowest BCUT2D eigenvalue weighted by molar-refractivity contribution is 0.720. The number of hydrogen-bond donors (Lipinski definition) is 1. The van der Waals surface area contributed by atoms with Crippen LogP contribution in [0.2, 0.25) is 6.32 Å². The average molecular weight is 201 g/mol. The van der Waals surface area contributed by atoms with Crippen molar-refractivity contribution in [2.45, 2.75) is 26.1 Å². The number of rotatable bonds is 8. The summed E-state index contributed by atoms with van der Waals surface area (Å²) in [5.41, 5.74) is 2.04. The Morgan fingerprint density at radius 3 is 2.47 bits per heavy atom. The molecule has 0 saturated heterocycles. The van der Waals surface area contributed by atoms with Crippen LogP contribution in [-0.4, -0.2) is 14.4 Å². The Bertz CT molecular complexity index is 251. The monoisotopic (exact) mass is 201 g/mol. The summed E-state index contributed by atoms with van der Waals surface area (Å²) < 4.78 is 0. The maximum atomic E-state index is 5.52. The van der Waals surface area contributed by atoms with E-state index in [0.717, 1.165) is 17.8 Å². The van der Waals surface area contributed by atoms with Gasteiger partial charge in [0.15, 0.2) is 0 Å². The second-order valence-electron chi connectivity index (χ2n) is 3.26. The van der Waals surface area contributed by atoms with Gasteiger partial charge < -0.3 is 5.32 Å². The molecule has 0 fully saturated rings. The van der Waals surface area contributed by atoms with Crippen LogP contribution in [-0.2, 0) is 0 Å². The van der Waals surface area contributed by atoms with Gasteiger partial charge in [0.25, 0.3) is 0 Å². The van der Waals surface area contributed by atoms with Gasteiger partial charge in [-0.25, -0.2) is 0 Å². The second kappa shape index (κ2) is 9.38. The highest BCUT2D eigenvalue weighted by Crippen LogP contribution is 2.02. The van der Waals surface area contributed by atoms with Gasteiger partial charge >= 0.3 is 0 Å². The van der Waals surface area contributed by atoms with Gasteiger partial charge in [-0.2, -0.15) is 0 Å². The molecule has 0 unspecified atom stereocenters. The lowest BCUT2D eigenvalue weighted by atomic mass is 9.96. The standard InChI is InChI=1S/C13H20BN/c1-4-7-10-15-13(6-3)9-8-12(5-2)11-14/h5-6,8-9,15H,2-4,7,10-11H2,1H3/b12-8+,13-9+. The maximum Gasteiger partial charge on any atom is 0.0716 e. The number of unbranched alkanes of at least 4 members (excludes halogenated alkanes) is 1. The third-order valence-corrected chi connectivity index (χ3v) is 2.05. The molecule has 0 aromatic carbocycles. The van der Waals surface area contributed by atoms with E-state index in [4.69, 9.17) is 7.85 Å². The molecule has 0 aliphatic heterocycles. The Balaban J connectivity index is 4.25. The van der Waals surface area contributed by atoms with Crippen molar-refractivity contribution in [3.8, 4) is 0 Å². The molecule has 1 N–H and O–H groups in total. The van der Waals surface area contributed by atoms with Crippen molar-refractivity contribution in [3.63, 3.8) is 0 Å². The molecule has 0 aliphatic rings. The molecule has 2 heteroatoms. The summed E-state index contributed by atoms with van der Waals surface area (Å²) in [7, 11) is 5.52. The minimum atomic E-state index is 0.513. The van der Waals surface area contributed by atoms with Crippen molar-refractivity contribution >= 4 is 7.85 Å². The summed E-state index contributed by atoms with van der Waals surface area (Å²) in [6.45, 7) is 10.6. The van der Waals surface area contributed by atoms with Crippen LogP contribution in [0.1, 0.15) is 19.8 Å². The molecule has 0 spiro atoms. The smallest absolute Gasteiger partial charge is 0.0716 e. The summed E-state index contributed by atoms with van der Waals surface area (Å²) in [5.74, 6) is 0. The van der Waals surface area contributed by atoms with Gasteiger partial charge in [-0.3, -0.25) is 0 Å². The molecule has 0 saturated carbocycles. The van der Waals surface area contributed by atoms with E-state index >= 15 is 0 Å². The summed E-state index contributed by atoms with van der Waals surface area (Å²) in [6.07, 6.45) is 10.4. The SMILES string of the molecule is [B]C/C(C=C)=C/C=C(\C=C)NCCCC. The van der Waals surface area contributed by atoms with E-state index in [-0.39, 0.29) is 0 Å². The number of nitrogens with one attached hydrogen (secondary N) is 1. The van der Waals surface area contributed by atoms with Crippen molar-refractivity contribution in [2.24, 2.45) is 0 Å². The van der Waals surface area contributed by atoms with Crippen molar-refractivity contribution in [2.75, 3.05) is 6.54 Å². The van der Waals surface area contributed by atoms with Crippen LogP contribution in [0.15, 0.2) is 48.7 Å². The van der Waals surface area contributed by atoms with Crippen LogP contribution < -0.4 is 5.32 Å². The van der Waals surface area contributed by atoms with Crippen LogP contribution in [0.25, 0.3) is 0 Å². The van der Waals surface area contributed by atoms with Crippen molar-refractivity contribution < 1.29 is 0 Å². The van der Waals surface area contributed by atoms with Crippen molar-refractivity contribution in [3.05, 3.63) is 48.7 Å². The van der Waals surface area contributed by atoms with E-state index in [1.165, 1.54) is 12.8 Å². The number of hydrogen-bond acceptors (Lipinski definition) is 1. The van der Waals surface area contributed by atoms with Gasteiger partial charge in [0.05, 0.1) is 7.85 Å². The molecular weight excluding hydrogens is 181 g/mol. The highest BCUT2D eigenvalue weighted by molar-refractivity contribution is 6.10. The van der Waals surface area contributed by atoms with Crippen LogP contribution >= 0.6 is 0 Å². The largest absolute Gasteiger partial charge is 0.385 e. The van der Waals surface area contributed by atoms with E-state index in [0.29, 0.717) is 6.32 Å². The predicted octanol–water partition coefficient (Wildman–Crippen LogP) is 3.15. The van der Waals surface area contributed by atoms with Crippen LogP contribution in [0, 0.1) is 0 Å². The fraction of sp³-hybridized carbons (Fsp3) is 0.385. The fourth-order valence-corrected chi connectivity index (χ4v) is 1.02. The maximum absolute atomic E-state index is 5.52. The first kappa shape index (κ1) is 13.8. The van der Waals surface area contributed by atoms with Gasteiger partial charge in [0, 0.05) is 12.2 Å². The van der Waals surface area contributed by atoms with Crippen LogP contribution in [0.5, 0.6) is 0 Å². The average Bonchev–Trinajstić information content (AvgIpc) is 2.28. The summed E-state index contributed by atoms with van der Waals surface area (Å²) in [4.78, 5) is 0. The normalized spacial score (nSPS) is 12.3. The van der Waals surface area contributed by atoms with Gasteiger partial charge in [-0.05, 0) is 18.6 Å². The minimum absolute atomic E-state index is 0.513. The Labute approximate surface area is 95.1 Å². The molecule has 0 aliphatic carbocycles. The van der Waals surface area contributed by atoms with E-state index in [9.17, 15) is 0 Å². The molecule has 15 heavy (non-hydrogen) atoms. The van der Waals surface area contributed by atoms with Gasteiger partial charge in [0.2, 0.25) is 0 Å². The van der Waals surface area contributed by atoms with Crippen LogP contribution in [0.3, 0.4) is 0 Å². The zero-order chi connectivity index (χ0) is 11.5. The van der Waals surface area contributed by atoms with Gasteiger partial charge in [-0.15, -0.1) is 0 Å². The molecule has 0 aromatic rings. The van der Waals surface area contributed by atoms with E-state index < -0.39 is 0 Å². The van der Waals surface area contributed by atoms with E-state index in [1.807, 2.05) is 18.2 Å². The minimum Gasteiger partial charge on any atom is -0.385 e. The molecule has 2 radical (unpaired) electrons. The summed E-state index contributed by atoms with van der Waals surface area (Å²) >= 11 is 0. The number of allylic oxidation sites excluding steroid dienone is 5. The second-order valence-corrected chi connectivity index (χ2v) is 3.26. The molecule has 0 bridgehead atoms. The molecular formula is C13H20BN. The van der Waals surface area contributed by atoms with Crippen molar-refractivity contribution in [1.29, 1.82) is 0 Å². The fourth-order valence-electron chi connectivity index (χ4n) is 1.02.